The Morgan fingerprint density at radius 2 is 1.80 bits per heavy atom. The minimum atomic E-state index is -0.243. The van der Waals surface area contributed by atoms with Crippen LogP contribution in [0.2, 0.25) is 0 Å². The average molecular weight is 271 g/mol. The lowest BCUT2D eigenvalue weighted by atomic mass is 9.87. The number of hydrogen-bond acceptors (Lipinski definition) is 2. The van der Waals surface area contributed by atoms with Crippen molar-refractivity contribution >= 4 is 10.8 Å². The monoisotopic (exact) mass is 271 g/mol. The van der Waals surface area contributed by atoms with Crippen molar-refractivity contribution in [2.24, 2.45) is 5.41 Å². The number of nitrogens with one attached hydrogen (secondary N) is 1. The van der Waals surface area contributed by atoms with Gasteiger partial charge in [0.25, 0.3) is 0 Å². The molecule has 2 N–H and O–H groups in total. The van der Waals surface area contributed by atoms with E-state index in [1.165, 1.54) is 16.3 Å². The first-order valence-electron chi connectivity index (χ1n) is 7.33. The van der Waals surface area contributed by atoms with Crippen LogP contribution in [0.5, 0.6) is 0 Å². The van der Waals surface area contributed by atoms with Crippen molar-refractivity contribution < 1.29 is 5.11 Å². The van der Waals surface area contributed by atoms with Gasteiger partial charge >= 0.3 is 0 Å². The van der Waals surface area contributed by atoms with Crippen LogP contribution in [0.4, 0.5) is 0 Å². The molecule has 0 aliphatic heterocycles. The largest absolute Gasteiger partial charge is 0.393 e. The molecular weight excluding hydrogens is 246 g/mol. The third kappa shape index (κ3) is 4.32. The van der Waals surface area contributed by atoms with Crippen molar-refractivity contribution in [3.05, 3.63) is 48.0 Å². The maximum absolute atomic E-state index is 9.49. The Morgan fingerprint density at radius 3 is 2.50 bits per heavy atom. The zero-order valence-electron chi connectivity index (χ0n) is 12.7. The molecule has 108 valence electrons. The molecule has 0 heterocycles. The minimum Gasteiger partial charge on any atom is -0.393 e. The fraction of sp³-hybridized carbons (Fsp3) is 0.444. The van der Waals surface area contributed by atoms with E-state index >= 15 is 0 Å². The molecule has 0 aromatic heterocycles. The van der Waals surface area contributed by atoms with Crippen molar-refractivity contribution in [1.29, 1.82) is 0 Å². The summed E-state index contributed by atoms with van der Waals surface area (Å²) in [5.74, 6) is 0. The molecule has 0 radical (unpaired) electrons. The fourth-order valence-corrected chi connectivity index (χ4v) is 2.77. The van der Waals surface area contributed by atoms with E-state index in [4.69, 9.17) is 0 Å². The van der Waals surface area contributed by atoms with Crippen LogP contribution in [0.1, 0.15) is 32.8 Å². The molecule has 0 aliphatic carbocycles. The van der Waals surface area contributed by atoms with Gasteiger partial charge in [-0.2, -0.15) is 0 Å². The second-order valence-electron chi connectivity index (χ2n) is 6.50. The van der Waals surface area contributed by atoms with E-state index in [2.05, 4.69) is 61.6 Å². The topological polar surface area (TPSA) is 32.3 Å². The van der Waals surface area contributed by atoms with Crippen LogP contribution in [0.15, 0.2) is 42.5 Å². The van der Waals surface area contributed by atoms with Crippen LogP contribution in [-0.4, -0.2) is 17.8 Å². The first kappa shape index (κ1) is 15.0. The normalized spacial score (nSPS) is 13.6. The molecule has 20 heavy (non-hydrogen) atoms. The highest BCUT2D eigenvalue weighted by molar-refractivity contribution is 5.82. The van der Waals surface area contributed by atoms with Gasteiger partial charge in [-0.15, -0.1) is 0 Å². The highest BCUT2D eigenvalue weighted by atomic mass is 16.3. The number of aliphatic hydroxyl groups is 1. The van der Waals surface area contributed by atoms with E-state index in [9.17, 15) is 5.11 Å². The molecule has 0 fully saturated rings. The van der Waals surface area contributed by atoms with E-state index in [1.807, 2.05) is 6.92 Å². The van der Waals surface area contributed by atoms with Gasteiger partial charge in [0, 0.05) is 13.1 Å². The number of rotatable bonds is 6. The Hall–Kier alpha value is -1.38. The zero-order valence-corrected chi connectivity index (χ0v) is 12.7. The number of hydrogen-bond donors (Lipinski definition) is 2. The first-order chi connectivity index (χ1) is 9.46. The standard InChI is InChI=1S/C18H25NO/c1-14(20)11-18(2,3)13-19-12-15-8-9-16-6-4-5-7-17(16)10-15/h4-10,14,19-20H,11-13H2,1-3H3. The van der Waals surface area contributed by atoms with Gasteiger partial charge in [0.05, 0.1) is 6.10 Å². The lowest BCUT2D eigenvalue weighted by Crippen LogP contribution is -2.31. The van der Waals surface area contributed by atoms with E-state index in [1.54, 1.807) is 0 Å². The quantitative estimate of drug-likeness (QED) is 0.839. The van der Waals surface area contributed by atoms with Crippen LogP contribution in [0, 0.1) is 5.41 Å². The molecule has 2 aromatic rings. The molecular formula is C18H25NO. The summed E-state index contributed by atoms with van der Waals surface area (Å²) in [5, 5.41) is 15.6. The summed E-state index contributed by atoms with van der Waals surface area (Å²) < 4.78 is 0. The molecule has 1 atom stereocenters. The van der Waals surface area contributed by atoms with Gasteiger partial charge in [-0.3, -0.25) is 0 Å². The maximum atomic E-state index is 9.49. The third-order valence-electron chi connectivity index (χ3n) is 3.59. The van der Waals surface area contributed by atoms with Gasteiger partial charge in [-0.1, -0.05) is 50.2 Å². The second kappa shape index (κ2) is 6.38. The molecule has 2 aromatic carbocycles. The Labute approximate surface area is 121 Å². The van der Waals surface area contributed by atoms with Crippen molar-refractivity contribution in [2.45, 2.75) is 39.8 Å². The summed E-state index contributed by atoms with van der Waals surface area (Å²) in [4.78, 5) is 0. The predicted molar refractivity (Wildman–Crippen MR) is 85.7 cm³/mol. The summed E-state index contributed by atoms with van der Waals surface area (Å²) in [6.45, 7) is 8.00. The first-order valence-corrected chi connectivity index (χ1v) is 7.33. The highest BCUT2D eigenvalue weighted by Gasteiger charge is 2.19. The Morgan fingerprint density at radius 1 is 1.10 bits per heavy atom. The van der Waals surface area contributed by atoms with E-state index in [0.717, 1.165) is 19.5 Å². The number of fused-ring (bicyclic) bond motifs is 1. The van der Waals surface area contributed by atoms with Crippen LogP contribution >= 0.6 is 0 Å². The van der Waals surface area contributed by atoms with Gasteiger partial charge in [0.2, 0.25) is 0 Å². The molecule has 0 bridgehead atoms. The average Bonchev–Trinajstić information content (AvgIpc) is 2.37. The van der Waals surface area contributed by atoms with Gasteiger partial charge in [-0.25, -0.2) is 0 Å². The highest BCUT2D eigenvalue weighted by Crippen LogP contribution is 2.21. The number of aliphatic hydroxyl groups excluding tert-OH is 1. The predicted octanol–water partition coefficient (Wildman–Crippen LogP) is 3.73. The van der Waals surface area contributed by atoms with Crippen molar-refractivity contribution in [2.75, 3.05) is 6.54 Å². The van der Waals surface area contributed by atoms with E-state index in [-0.39, 0.29) is 11.5 Å². The molecule has 2 rings (SSSR count). The molecule has 0 saturated carbocycles. The third-order valence-corrected chi connectivity index (χ3v) is 3.59. The van der Waals surface area contributed by atoms with Crippen molar-refractivity contribution in [1.82, 2.24) is 5.32 Å². The Kier molecular flexibility index (Phi) is 4.79. The lowest BCUT2D eigenvalue weighted by molar-refractivity contribution is 0.128. The van der Waals surface area contributed by atoms with Gasteiger partial charge in [-0.05, 0) is 41.2 Å². The maximum Gasteiger partial charge on any atom is 0.0517 e. The summed E-state index contributed by atoms with van der Waals surface area (Å²) in [7, 11) is 0. The Bertz CT molecular complexity index is 560. The number of benzene rings is 2. The second-order valence-corrected chi connectivity index (χ2v) is 6.50. The zero-order chi connectivity index (χ0) is 14.6. The summed E-state index contributed by atoms with van der Waals surface area (Å²) >= 11 is 0. The lowest BCUT2D eigenvalue weighted by Gasteiger charge is -2.26. The molecule has 0 spiro atoms. The van der Waals surface area contributed by atoms with E-state index < -0.39 is 0 Å². The molecule has 0 amide bonds. The van der Waals surface area contributed by atoms with E-state index in [0.29, 0.717) is 0 Å². The minimum absolute atomic E-state index is 0.116. The Balaban J connectivity index is 1.92. The summed E-state index contributed by atoms with van der Waals surface area (Å²) in [6.07, 6.45) is 0.574. The molecule has 0 saturated heterocycles. The van der Waals surface area contributed by atoms with Crippen LogP contribution in [-0.2, 0) is 6.54 Å². The van der Waals surface area contributed by atoms with Crippen LogP contribution < -0.4 is 5.32 Å². The van der Waals surface area contributed by atoms with Gasteiger partial charge in [0.15, 0.2) is 0 Å². The molecule has 1 unspecified atom stereocenters. The SMILES string of the molecule is CC(O)CC(C)(C)CNCc1ccc2ccccc2c1. The fourth-order valence-electron chi connectivity index (χ4n) is 2.77. The van der Waals surface area contributed by atoms with Gasteiger partial charge in [0.1, 0.15) is 0 Å². The van der Waals surface area contributed by atoms with Crippen LogP contribution in [0.3, 0.4) is 0 Å². The molecule has 2 heteroatoms. The van der Waals surface area contributed by atoms with Crippen molar-refractivity contribution in [3.8, 4) is 0 Å². The van der Waals surface area contributed by atoms with Crippen LogP contribution in [0.25, 0.3) is 10.8 Å². The summed E-state index contributed by atoms with van der Waals surface area (Å²) in [5.41, 5.74) is 1.42. The van der Waals surface area contributed by atoms with Gasteiger partial charge < -0.3 is 10.4 Å². The molecule has 0 aliphatic rings. The summed E-state index contributed by atoms with van der Waals surface area (Å²) in [6, 6.07) is 15.0. The van der Waals surface area contributed by atoms with Crippen molar-refractivity contribution in [3.63, 3.8) is 0 Å². The smallest absolute Gasteiger partial charge is 0.0517 e. The molecule has 2 nitrogen and oxygen atoms in total.